The van der Waals surface area contributed by atoms with Crippen molar-refractivity contribution in [3.05, 3.63) is 40.6 Å². The molecule has 0 aliphatic rings. The fourth-order valence-corrected chi connectivity index (χ4v) is 1.72. The molecule has 1 rings (SSSR count). The highest BCUT2D eigenvalue weighted by Gasteiger charge is 2.14. The van der Waals surface area contributed by atoms with Crippen molar-refractivity contribution in [3.8, 4) is 0 Å². The lowest BCUT2D eigenvalue weighted by Gasteiger charge is -2.13. The fourth-order valence-electron chi connectivity index (χ4n) is 1.55. The number of rotatable bonds is 5. The van der Waals surface area contributed by atoms with Crippen LogP contribution in [0.2, 0.25) is 5.02 Å². The molecule has 20 heavy (non-hydrogen) atoms. The van der Waals surface area contributed by atoms with Crippen molar-refractivity contribution in [1.82, 2.24) is 0 Å². The normalized spacial score (nSPS) is 10.9. The number of carbonyl (C=O) groups is 2. The van der Waals surface area contributed by atoms with Gasteiger partial charge in [0.1, 0.15) is 5.70 Å². The first kappa shape index (κ1) is 16.0. The lowest BCUT2D eigenvalue weighted by atomic mass is 10.1. The van der Waals surface area contributed by atoms with Crippen LogP contribution in [0.1, 0.15) is 12.5 Å². The average Bonchev–Trinajstić information content (AvgIpc) is 2.45. The van der Waals surface area contributed by atoms with Crippen LogP contribution in [0.3, 0.4) is 0 Å². The van der Waals surface area contributed by atoms with Crippen molar-refractivity contribution in [1.29, 1.82) is 0 Å². The molecule has 0 heterocycles. The molecule has 1 N–H and O–H groups in total. The van der Waals surface area contributed by atoms with Crippen LogP contribution >= 0.6 is 11.6 Å². The van der Waals surface area contributed by atoms with Gasteiger partial charge in [0.25, 0.3) is 0 Å². The second-order valence-electron chi connectivity index (χ2n) is 3.85. The largest absolute Gasteiger partial charge is 0.466 e. The van der Waals surface area contributed by atoms with Gasteiger partial charge in [-0.25, -0.2) is 9.59 Å². The third-order valence-corrected chi connectivity index (χ3v) is 2.83. The first-order valence-corrected chi connectivity index (χ1v) is 6.33. The van der Waals surface area contributed by atoms with Gasteiger partial charge in [0.15, 0.2) is 0 Å². The molecule has 0 aliphatic heterocycles. The number of hydrogen-bond acceptors (Lipinski definition) is 5. The van der Waals surface area contributed by atoms with Crippen LogP contribution < -0.4 is 5.32 Å². The molecule has 6 heteroatoms. The van der Waals surface area contributed by atoms with Crippen molar-refractivity contribution in [2.24, 2.45) is 0 Å². The Labute approximate surface area is 122 Å². The highest BCUT2D eigenvalue weighted by Crippen LogP contribution is 2.23. The maximum Gasteiger partial charge on any atom is 0.354 e. The van der Waals surface area contributed by atoms with E-state index in [1.54, 1.807) is 12.1 Å². The molecule has 1 aromatic carbocycles. The van der Waals surface area contributed by atoms with Crippen molar-refractivity contribution >= 4 is 29.2 Å². The molecule has 1 aromatic rings. The van der Waals surface area contributed by atoms with E-state index in [2.05, 4.69) is 14.8 Å². The molecule has 0 saturated heterocycles. The second kappa shape index (κ2) is 7.55. The number of esters is 2. The summed E-state index contributed by atoms with van der Waals surface area (Å²) < 4.78 is 9.13. The lowest BCUT2D eigenvalue weighted by Crippen LogP contribution is -2.16. The zero-order valence-electron chi connectivity index (χ0n) is 11.5. The quantitative estimate of drug-likeness (QED) is 0.668. The van der Waals surface area contributed by atoms with Gasteiger partial charge in [-0.05, 0) is 24.1 Å². The summed E-state index contributed by atoms with van der Waals surface area (Å²) in [5.74, 6) is -1.32. The number of carbonyl (C=O) groups excluding carboxylic acids is 2. The Morgan fingerprint density at radius 2 is 2.00 bits per heavy atom. The molecule has 0 unspecified atom stereocenters. The third-order valence-electron chi connectivity index (χ3n) is 2.59. The van der Waals surface area contributed by atoms with Gasteiger partial charge in [-0.1, -0.05) is 24.6 Å². The molecule has 5 nitrogen and oxygen atoms in total. The van der Waals surface area contributed by atoms with Crippen LogP contribution in [-0.4, -0.2) is 26.2 Å². The summed E-state index contributed by atoms with van der Waals surface area (Å²) in [6.07, 6.45) is 1.78. The Morgan fingerprint density at radius 1 is 1.30 bits per heavy atom. The van der Waals surface area contributed by atoms with Gasteiger partial charge in [-0.3, -0.25) is 0 Å². The van der Waals surface area contributed by atoms with Gasteiger partial charge in [-0.2, -0.15) is 0 Å². The summed E-state index contributed by atoms with van der Waals surface area (Å²) in [7, 11) is 2.46. The van der Waals surface area contributed by atoms with Crippen LogP contribution in [0.25, 0.3) is 0 Å². The van der Waals surface area contributed by atoms with E-state index >= 15 is 0 Å². The first-order valence-electron chi connectivity index (χ1n) is 5.95. The smallest absolute Gasteiger partial charge is 0.354 e. The molecule has 0 saturated carbocycles. The summed E-state index contributed by atoms with van der Waals surface area (Å²) >= 11 is 5.94. The van der Waals surface area contributed by atoms with Crippen molar-refractivity contribution in [2.75, 3.05) is 19.5 Å². The maximum absolute atomic E-state index is 11.7. The molecule has 0 fully saturated rings. The van der Waals surface area contributed by atoms with Crippen molar-refractivity contribution in [2.45, 2.75) is 13.3 Å². The van der Waals surface area contributed by atoms with Gasteiger partial charge < -0.3 is 14.8 Å². The monoisotopic (exact) mass is 297 g/mol. The third kappa shape index (κ3) is 4.28. The predicted octanol–water partition coefficient (Wildman–Crippen LogP) is 2.54. The topological polar surface area (TPSA) is 64.6 Å². The van der Waals surface area contributed by atoms with Crippen molar-refractivity contribution < 1.29 is 19.1 Å². The molecular weight excluding hydrogens is 282 g/mol. The van der Waals surface area contributed by atoms with E-state index in [1.807, 2.05) is 13.0 Å². The molecule has 0 atom stereocenters. The number of hydrogen-bond donors (Lipinski definition) is 1. The Bertz CT molecular complexity index is 540. The van der Waals surface area contributed by atoms with Gasteiger partial charge >= 0.3 is 11.9 Å². The zero-order chi connectivity index (χ0) is 15.1. The van der Waals surface area contributed by atoms with E-state index in [1.165, 1.54) is 14.2 Å². The summed E-state index contributed by atoms with van der Waals surface area (Å²) in [5.41, 5.74) is 1.57. The van der Waals surface area contributed by atoms with E-state index < -0.39 is 11.9 Å². The molecule has 0 radical (unpaired) electrons. The second-order valence-corrected chi connectivity index (χ2v) is 4.29. The number of anilines is 1. The van der Waals surface area contributed by atoms with Gasteiger partial charge in [0.2, 0.25) is 0 Å². The fraction of sp³-hybridized carbons (Fsp3) is 0.286. The number of nitrogens with one attached hydrogen (secondary N) is 1. The molecule has 108 valence electrons. The van der Waals surface area contributed by atoms with Crippen LogP contribution in [0, 0.1) is 0 Å². The Balaban J connectivity index is 3.13. The minimum absolute atomic E-state index is 0.0173. The van der Waals surface area contributed by atoms with Crippen LogP contribution in [0.5, 0.6) is 0 Å². The van der Waals surface area contributed by atoms with E-state index in [0.717, 1.165) is 18.1 Å². The Hall–Kier alpha value is -2.01. The zero-order valence-corrected chi connectivity index (χ0v) is 12.3. The number of benzene rings is 1. The summed E-state index contributed by atoms with van der Waals surface area (Å²) in [6, 6.07) is 5.28. The van der Waals surface area contributed by atoms with Crippen LogP contribution in [0.15, 0.2) is 30.0 Å². The minimum Gasteiger partial charge on any atom is -0.466 e. The SMILES string of the molecule is CCc1ccc(Cl)cc1N/C(=C/C(=O)OC)C(=O)OC. The molecule has 0 spiro atoms. The van der Waals surface area contributed by atoms with E-state index in [4.69, 9.17) is 11.6 Å². The first-order chi connectivity index (χ1) is 9.51. The maximum atomic E-state index is 11.7. The molecule has 0 aliphatic carbocycles. The number of methoxy groups -OCH3 is 2. The highest BCUT2D eigenvalue weighted by atomic mass is 35.5. The van der Waals surface area contributed by atoms with E-state index in [-0.39, 0.29) is 5.70 Å². The van der Waals surface area contributed by atoms with Gasteiger partial charge in [0, 0.05) is 10.7 Å². The van der Waals surface area contributed by atoms with E-state index in [0.29, 0.717) is 10.7 Å². The average molecular weight is 298 g/mol. The molecule has 0 bridgehead atoms. The summed E-state index contributed by atoms with van der Waals surface area (Å²) in [4.78, 5) is 22.9. The standard InChI is InChI=1S/C14H16ClNO4/c1-4-9-5-6-10(15)7-11(9)16-12(14(18)20-3)8-13(17)19-2/h5-8,16H,4H2,1-3H3/b12-8+. The molecule has 0 aromatic heterocycles. The van der Waals surface area contributed by atoms with Gasteiger partial charge in [-0.15, -0.1) is 0 Å². The summed E-state index contributed by atoms with van der Waals surface area (Å²) in [6.45, 7) is 1.97. The number of aryl methyl sites for hydroxylation is 1. The Kier molecular flexibility index (Phi) is 6.06. The predicted molar refractivity (Wildman–Crippen MR) is 76.6 cm³/mol. The van der Waals surface area contributed by atoms with Gasteiger partial charge in [0.05, 0.1) is 20.3 Å². The Morgan fingerprint density at radius 3 is 2.55 bits per heavy atom. The van der Waals surface area contributed by atoms with E-state index in [9.17, 15) is 9.59 Å². The highest BCUT2D eigenvalue weighted by molar-refractivity contribution is 6.30. The number of halogens is 1. The minimum atomic E-state index is -0.669. The van der Waals surface area contributed by atoms with Crippen LogP contribution in [0.4, 0.5) is 5.69 Å². The number of ether oxygens (including phenoxy) is 2. The summed E-state index contributed by atoms with van der Waals surface area (Å²) in [5, 5.41) is 3.38. The molecule has 0 amide bonds. The molecular formula is C14H16ClNO4. The van der Waals surface area contributed by atoms with Crippen LogP contribution in [-0.2, 0) is 25.5 Å². The van der Waals surface area contributed by atoms with Crippen molar-refractivity contribution in [3.63, 3.8) is 0 Å². The lowest BCUT2D eigenvalue weighted by molar-refractivity contribution is -0.138.